The van der Waals surface area contributed by atoms with Crippen molar-refractivity contribution in [3.8, 4) is 11.4 Å². The summed E-state index contributed by atoms with van der Waals surface area (Å²) in [5.74, 6) is 0.101. The second kappa shape index (κ2) is 5.67. The average Bonchev–Trinajstić information content (AvgIpc) is 2.43. The first kappa shape index (κ1) is 13.3. The van der Waals surface area contributed by atoms with Gasteiger partial charge in [-0.2, -0.15) is 0 Å². The van der Waals surface area contributed by atoms with Crippen LogP contribution in [0.25, 0.3) is 11.4 Å². The van der Waals surface area contributed by atoms with Gasteiger partial charge in [-0.15, -0.1) is 11.6 Å². The van der Waals surface area contributed by atoms with E-state index in [1.807, 2.05) is 30.3 Å². The number of hydrogen-bond acceptors (Lipinski definition) is 3. The quantitative estimate of drug-likeness (QED) is 0.867. The van der Waals surface area contributed by atoms with E-state index in [1.165, 1.54) is 10.6 Å². The van der Waals surface area contributed by atoms with Gasteiger partial charge in [0.2, 0.25) is 5.91 Å². The lowest BCUT2D eigenvalue weighted by Gasteiger charge is -2.09. The van der Waals surface area contributed by atoms with Crippen molar-refractivity contribution >= 4 is 23.3 Å². The lowest BCUT2D eigenvalue weighted by atomic mass is 10.2. The first-order valence-electron chi connectivity index (χ1n) is 5.61. The summed E-state index contributed by atoms with van der Waals surface area (Å²) in [4.78, 5) is 27.3. The van der Waals surface area contributed by atoms with E-state index in [-0.39, 0.29) is 17.3 Å². The predicted molar refractivity (Wildman–Crippen MR) is 74.3 cm³/mol. The Morgan fingerprint density at radius 2 is 2.05 bits per heavy atom. The van der Waals surface area contributed by atoms with Gasteiger partial charge in [0, 0.05) is 18.7 Å². The Balaban J connectivity index is 2.49. The molecule has 1 heterocycles. The van der Waals surface area contributed by atoms with Crippen LogP contribution in [0.3, 0.4) is 0 Å². The summed E-state index contributed by atoms with van der Waals surface area (Å²) in [6.07, 6.45) is 0. The molecule has 0 fully saturated rings. The van der Waals surface area contributed by atoms with E-state index < -0.39 is 5.91 Å². The fourth-order valence-corrected chi connectivity index (χ4v) is 1.69. The van der Waals surface area contributed by atoms with Crippen molar-refractivity contribution in [3.63, 3.8) is 0 Å². The monoisotopic (exact) mass is 277 g/mol. The second-order valence-corrected chi connectivity index (χ2v) is 4.18. The topological polar surface area (TPSA) is 64.0 Å². The largest absolute Gasteiger partial charge is 0.309 e. The molecule has 0 aliphatic rings. The van der Waals surface area contributed by atoms with Crippen molar-refractivity contribution in [1.29, 1.82) is 0 Å². The van der Waals surface area contributed by atoms with Crippen LogP contribution in [-0.4, -0.2) is 21.3 Å². The molecular weight excluding hydrogens is 266 g/mol. The van der Waals surface area contributed by atoms with Crippen molar-refractivity contribution < 1.29 is 4.79 Å². The van der Waals surface area contributed by atoms with Crippen LogP contribution in [0.2, 0.25) is 0 Å². The summed E-state index contributed by atoms with van der Waals surface area (Å²) >= 11 is 5.41. The molecule has 1 N–H and O–H groups in total. The standard InChI is InChI=1S/C13H12ClN3O2/c1-17-12(19)7-10(15-11(18)8-14)16-13(17)9-5-3-2-4-6-9/h2-7H,8H2,1H3,(H,15,18). The fraction of sp³-hybridized carbons (Fsp3) is 0.154. The first-order chi connectivity index (χ1) is 9.11. The molecule has 1 aromatic carbocycles. The van der Waals surface area contributed by atoms with Crippen molar-refractivity contribution in [2.75, 3.05) is 11.2 Å². The first-order valence-corrected chi connectivity index (χ1v) is 6.14. The smallest absolute Gasteiger partial charge is 0.255 e. The number of rotatable bonds is 3. The number of carbonyl (C=O) groups excluding carboxylic acids is 1. The number of nitrogens with zero attached hydrogens (tertiary/aromatic N) is 2. The van der Waals surface area contributed by atoms with Gasteiger partial charge in [-0.3, -0.25) is 14.2 Å². The minimum atomic E-state index is -0.401. The van der Waals surface area contributed by atoms with Crippen LogP contribution in [-0.2, 0) is 11.8 Å². The summed E-state index contributed by atoms with van der Waals surface area (Å²) in [6, 6.07) is 10.5. The van der Waals surface area contributed by atoms with Gasteiger partial charge >= 0.3 is 0 Å². The number of benzene rings is 1. The number of amides is 1. The molecule has 0 saturated carbocycles. The van der Waals surface area contributed by atoms with Gasteiger partial charge in [0.25, 0.3) is 5.56 Å². The summed E-state index contributed by atoms with van der Waals surface area (Å²) in [5, 5.41) is 2.47. The number of hydrogen-bond donors (Lipinski definition) is 1. The Labute approximate surface area is 114 Å². The summed E-state index contributed by atoms with van der Waals surface area (Å²) in [5.41, 5.74) is 0.544. The molecule has 0 unspecified atom stereocenters. The molecule has 98 valence electrons. The molecule has 0 spiro atoms. The lowest BCUT2D eigenvalue weighted by molar-refractivity contribution is -0.113. The van der Waals surface area contributed by atoms with Crippen LogP contribution in [0.4, 0.5) is 5.82 Å². The maximum absolute atomic E-state index is 11.8. The minimum absolute atomic E-state index is 0.183. The van der Waals surface area contributed by atoms with Gasteiger partial charge in [0.15, 0.2) is 0 Å². The van der Waals surface area contributed by atoms with Gasteiger partial charge in [0.1, 0.15) is 17.5 Å². The highest BCUT2D eigenvalue weighted by Crippen LogP contribution is 2.16. The molecule has 0 saturated heterocycles. The van der Waals surface area contributed by atoms with E-state index in [2.05, 4.69) is 10.3 Å². The van der Waals surface area contributed by atoms with E-state index in [0.29, 0.717) is 5.82 Å². The molecule has 1 aromatic heterocycles. The lowest BCUT2D eigenvalue weighted by Crippen LogP contribution is -2.22. The molecule has 19 heavy (non-hydrogen) atoms. The Morgan fingerprint density at radius 1 is 1.37 bits per heavy atom. The minimum Gasteiger partial charge on any atom is -0.309 e. The van der Waals surface area contributed by atoms with Crippen LogP contribution in [0.1, 0.15) is 0 Å². The maximum Gasteiger partial charge on any atom is 0.255 e. The molecule has 6 heteroatoms. The van der Waals surface area contributed by atoms with E-state index in [9.17, 15) is 9.59 Å². The van der Waals surface area contributed by atoms with Crippen LogP contribution < -0.4 is 10.9 Å². The van der Waals surface area contributed by atoms with Crippen LogP contribution in [0, 0.1) is 0 Å². The van der Waals surface area contributed by atoms with Gasteiger partial charge in [-0.25, -0.2) is 4.98 Å². The Morgan fingerprint density at radius 3 is 2.68 bits per heavy atom. The maximum atomic E-state index is 11.8. The molecule has 0 atom stereocenters. The zero-order valence-corrected chi connectivity index (χ0v) is 11.0. The summed E-state index contributed by atoms with van der Waals surface area (Å²) in [7, 11) is 1.63. The number of alkyl halides is 1. The van der Waals surface area contributed by atoms with E-state index in [1.54, 1.807) is 7.05 Å². The molecule has 0 bridgehead atoms. The number of nitrogens with one attached hydrogen (secondary N) is 1. The van der Waals surface area contributed by atoms with Crippen molar-refractivity contribution in [3.05, 3.63) is 46.8 Å². The zero-order chi connectivity index (χ0) is 13.8. The Kier molecular flexibility index (Phi) is 3.97. The van der Waals surface area contributed by atoms with Gasteiger partial charge in [-0.05, 0) is 0 Å². The summed E-state index contributed by atoms with van der Waals surface area (Å²) in [6.45, 7) is 0. The Hall–Kier alpha value is -2.14. The van der Waals surface area contributed by atoms with Crippen LogP contribution >= 0.6 is 11.6 Å². The third-order valence-corrected chi connectivity index (χ3v) is 2.80. The SMILES string of the molecule is Cn1c(-c2ccccc2)nc(NC(=O)CCl)cc1=O. The van der Waals surface area contributed by atoms with Crippen LogP contribution in [0.5, 0.6) is 0 Å². The average molecular weight is 278 g/mol. The molecule has 2 rings (SSSR count). The zero-order valence-electron chi connectivity index (χ0n) is 10.3. The fourth-order valence-electron chi connectivity index (χ4n) is 1.63. The highest BCUT2D eigenvalue weighted by atomic mass is 35.5. The summed E-state index contributed by atoms with van der Waals surface area (Å²) < 4.78 is 1.42. The molecule has 0 aliphatic heterocycles. The van der Waals surface area contributed by atoms with Gasteiger partial charge in [0.05, 0.1) is 0 Å². The van der Waals surface area contributed by atoms with Crippen molar-refractivity contribution in [2.45, 2.75) is 0 Å². The second-order valence-electron chi connectivity index (χ2n) is 3.91. The number of anilines is 1. The molecular formula is C13H12ClN3O2. The number of aromatic nitrogens is 2. The number of halogens is 1. The van der Waals surface area contributed by atoms with Gasteiger partial charge < -0.3 is 5.32 Å². The highest BCUT2D eigenvalue weighted by molar-refractivity contribution is 6.29. The third kappa shape index (κ3) is 3.00. The van der Waals surface area contributed by atoms with Gasteiger partial charge in [-0.1, -0.05) is 30.3 Å². The predicted octanol–water partition coefficient (Wildman–Crippen LogP) is 1.62. The molecule has 2 aromatic rings. The Bertz CT molecular complexity index is 653. The van der Waals surface area contributed by atoms with E-state index >= 15 is 0 Å². The molecule has 0 radical (unpaired) electrons. The normalized spacial score (nSPS) is 10.2. The molecule has 1 amide bonds. The highest BCUT2D eigenvalue weighted by Gasteiger charge is 2.09. The van der Waals surface area contributed by atoms with Crippen molar-refractivity contribution in [2.24, 2.45) is 7.05 Å². The molecule has 5 nitrogen and oxygen atoms in total. The van der Waals surface area contributed by atoms with Crippen molar-refractivity contribution in [1.82, 2.24) is 9.55 Å². The van der Waals surface area contributed by atoms with E-state index in [4.69, 9.17) is 11.6 Å². The number of carbonyl (C=O) groups is 1. The third-order valence-electron chi connectivity index (χ3n) is 2.56. The van der Waals surface area contributed by atoms with E-state index in [0.717, 1.165) is 5.56 Å². The molecule has 0 aliphatic carbocycles. The van der Waals surface area contributed by atoms with Crippen LogP contribution in [0.15, 0.2) is 41.2 Å².